The van der Waals surface area contributed by atoms with E-state index in [0.717, 1.165) is 16.9 Å². The van der Waals surface area contributed by atoms with Crippen molar-refractivity contribution in [1.29, 1.82) is 0 Å². The van der Waals surface area contributed by atoms with Gasteiger partial charge in [0.05, 0.1) is 0 Å². The summed E-state index contributed by atoms with van der Waals surface area (Å²) in [5.74, 6) is 7.03. The molecular weight excluding hydrogens is 236 g/mol. The van der Waals surface area contributed by atoms with Gasteiger partial charge in [-0.15, -0.1) is 0 Å². The molecule has 0 unspecified atom stereocenters. The topological polar surface area (TPSA) is 68.9 Å². The number of aromatic amines is 1. The highest BCUT2D eigenvalue weighted by atomic mass is 32.1. The zero-order chi connectivity index (χ0) is 12.4. The molecule has 0 saturated heterocycles. The normalized spacial score (nSPS) is 10.5. The Morgan fingerprint density at radius 2 is 2.00 bits per heavy atom. The molecule has 6 heteroatoms. The Kier molecular flexibility index (Phi) is 3.14. The first-order valence-corrected chi connectivity index (χ1v) is 5.59. The van der Waals surface area contributed by atoms with E-state index in [1.807, 2.05) is 26.0 Å². The number of benzene rings is 1. The molecule has 1 aromatic carbocycles. The van der Waals surface area contributed by atoms with Crippen LogP contribution in [0.25, 0.3) is 0 Å². The molecule has 17 heavy (non-hydrogen) atoms. The summed E-state index contributed by atoms with van der Waals surface area (Å²) in [7, 11) is 0. The zero-order valence-electron chi connectivity index (χ0n) is 9.73. The number of nitrogens with two attached hydrogens (primary N) is 1. The molecule has 2 rings (SSSR count). The predicted molar refractivity (Wildman–Crippen MR) is 67.8 cm³/mol. The smallest absolute Gasteiger partial charge is 0.214 e. The molecule has 0 spiro atoms. The van der Waals surface area contributed by atoms with E-state index in [9.17, 15) is 0 Å². The van der Waals surface area contributed by atoms with Gasteiger partial charge >= 0.3 is 0 Å². The van der Waals surface area contributed by atoms with Gasteiger partial charge in [-0.05, 0) is 49.3 Å². The monoisotopic (exact) mass is 250 g/mol. The number of aromatic nitrogens is 3. The van der Waals surface area contributed by atoms with Crippen LogP contribution >= 0.6 is 12.2 Å². The summed E-state index contributed by atoms with van der Waals surface area (Å²) < 4.78 is 7.30. The molecule has 0 aliphatic heterocycles. The van der Waals surface area contributed by atoms with Gasteiger partial charge in [0.15, 0.2) is 5.82 Å². The maximum Gasteiger partial charge on any atom is 0.214 e. The number of nitrogens with one attached hydrogen (secondary N) is 1. The third-order valence-electron chi connectivity index (χ3n) is 2.34. The van der Waals surface area contributed by atoms with Gasteiger partial charge in [0.25, 0.3) is 0 Å². The van der Waals surface area contributed by atoms with E-state index < -0.39 is 0 Å². The average Bonchev–Trinajstić information content (AvgIpc) is 2.56. The van der Waals surface area contributed by atoms with E-state index in [1.165, 1.54) is 4.68 Å². The van der Waals surface area contributed by atoms with Gasteiger partial charge in [-0.3, -0.25) is 5.10 Å². The Bertz CT molecular complexity index is 567. The highest BCUT2D eigenvalue weighted by Crippen LogP contribution is 2.17. The number of nitrogens with zero attached hydrogens (tertiary/aromatic N) is 2. The van der Waals surface area contributed by atoms with Crippen LogP contribution in [0.4, 0.5) is 0 Å². The second kappa shape index (κ2) is 4.58. The summed E-state index contributed by atoms with van der Waals surface area (Å²) in [6.07, 6.45) is 0. The number of ether oxygens (including phenoxy) is 1. The highest BCUT2D eigenvalue weighted by Gasteiger charge is 2.04. The molecule has 3 N–H and O–H groups in total. The van der Waals surface area contributed by atoms with Crippen molar-refractivity contribution in [3.05, 3.63) is 39.9 Å². The fraction of sp³-hybridized carbons (Fsp3) is 0.273. The van der Waals surface area contributed by atoms with Gasteiger partial charge in [-0.25, -0.2) is 4.68 Å². The molecule has 0 atom stereocenters. The molecule has 0 bridgehead atoms. The Labute approximate surface area is 104 Å². The van der Waals surface area contributed by atoms with Crippen LogP contribution in [-0.4, -0.2) is 14.9 Å². The summed E-state index contributed by atoms with van der Waals surface area (Å²) in [4.78, 5) is 0. The van der Waals surface area contributed by atoms with E-state index in [-0.39, 0.29) is 6.61 Å². The van der Waals surface area contributed by atoms with Crippen molar-refractivity contribution in [1.82, 2.24) is 14.9 Å². The predicted octanol–water partition coefficient (Wildman–Crippen LogP) is 1.85. The van der Waals surface area contributed by atoms with Crippen molar-refractivity contribution in [3.8, 4) is 5.75 Å². The van der Waals surface area contributed by atoms with Crippen LogP contribution < -0.4 is 10.6 Å². The minimum absolute atomic E-state index is 0.284. The maximum absolute atomic E-state index is 5.67. The van der Waals surface area contributed by atoms with Crippen molar-refractivity contribution in [2.45, 2.75) is 20.5 Å². The quantitative estimate of drug-likeness (QED) is 0.644. The Hall–Kier alpha value is -1.82. The summed E-state index contributed by atoms with van der Waals surface area (Å²) in [6.45, 7) is 4.34. The van der Waals surface area contributed by atoms with E-state index in [2.05, 4.69) is 16.3 Å². The molecule has 0 aliphatic rings. The van der Waals surface area contributed by atoms with E-state index in [0.29, 0.717) is 10.6 Å². The molecule has 0 amide bonds. The number of aryl methyl sites for hydroxylation is 2. The first-order valence-electron chi connectivity index (χ1n) is 5.19. The summed E-state index contributed by atoms with van der Waals surface area (Å²) in [5, 5.41) is 6.58. The molecule has 90 valence electrons. The number of hydrogen-bond donors (Lipinski definition) is 2. The SMILES string of the molecule is Cc1cc(C)cc(OCc2n[nH]c(=S)n2N)c1. The second-order valence-electron chi connectivity index (χ2n) is 3.93. The fourth-order valence-corrected chi connectivity index (χ4v) is 1.75. The lowest BCUT2D eigenvalue weighted by Crippen LogP contribution is -2.14. The lowest BCUT2D eigenvalue weighted by atomic mass is 10.1. The molecule has 0 saturated carbocycles. The summed E-state index contributed by atoms with van der Waals surface area (Å²) >= 11 is 4.91. The van der Waals surface area contributed by atoms with Crippen molar-refractivity contribution < 1.29 is 4.74 Å². The van der Waals surface area contributed by atoms with Gasteiger partial charge < -0.3 is 10.6 Å². The summed E-state index contributed by atoms with van der Waals surface area (Å²) in [6, 6.07) is 6.02. The first-order chi connectivity index (χ1) is 8.06. The van der Waals surface area contributed by atoms with Crippen molar-refractivity contribution in [2.75, 3.05) is 5.84 Å². The van der Waals surface area contributed by atoms with Gasteiger partial charge in [0.2, 0.25) is 4.77 Å². The molecule has 2 aromatic rings. The van der Waals surface area contributed by atoms with Crippen LogP contribution in [0.3, 0.4) is 0 Å². The largest absolute Gasteiger partial charge is 0.486 e. The third kappa shape index (κ3) is 2.65. The molecule has 0 fully saturated rings. The highest BCUT2D eigenvalue weighted by molar-refractivity contribution is 7.71. The number of H-pyrrole nitrogens is 1. The van der Waals surface area contributed by atoms with E-state index in [1.54, 1.807) is 0 Å². The Morgan fingerprint density at radius 1 is 1.35 bits per heavy atom. The fourth-order valence-electron chi connectivity index (χ4n) is 1.60. The first kappa shape index (κ1) is 11.7. The molecule has 0 aliphatic carbocycles. The second-order valence-corrected chi connectivity index (χ2v) is 4.31. The maximum atomic E-state index is 5.67. The molecular formula is C11H14N4OS. The van der Waals surface area contributed by atoms with Crippen LogP contribution in [0.5, 0.6) is 5.75 Å². The zero-order valence-corrected chi connectivity index (χ0v) is 10.5. The van der Waals surface area contributed by atoms with Gasteiger partial charge in [0, 0.05) is 0 Å². The Morgan fingerprint density at radius 3 is 2.53 bits per heavy atom. The minimum Gasteiger partial charge on any atom is -0.486 e. The van der Waals surface area contributed by atoms with Gasteiger partial charge in [-0.1, -0.05) is 6.07 Å². The lowest BCUT2D eigenvalue weighted by molar-refractivity contribution is 0.292. The van der Waals surface area contributed by atoms with Crippen LogP contribution in [0.1, 0.15) is 17.0 Å². The molecule has 0 radical (unpaired) electrons. The van der Waals surface area contributed by atoms with Gasteiger partial charge in [0.1, 0.15) is 12.4 Å². The van der Waals surface area contributed by atoms with Crippen molar-refractivity contribution >= 4 is 12.2 Å². The van der Waals surface area contributed by atoms with E-state index >= 15 is 0 Å². The van der Waals surface area contributed by atoms with E-state index in [4.69, 9.17) is 22.8 Å². The molecule has 1 heterocycles. The Balaban J connectivity index is 2.12. The third-order valence-corrected chi connectivity index (χ3v) is 2.63. The van der Waals surface area contributed by atoms with Crippen LogP contribution in [0, 0.1) is 18.6 Å². The average molecular weight is 250 g/mol. The lowest BCUT2D eigenvalue weighted by Gasteiger charge is -2.07. The minimum atomic E-state index is 0.284. The number of nitrogen functional groups attached to an aromatic ring is 1. The van der Waals surface area contributed by atoms with Crippen LogP contribution in [-0.2, 0) is 6.61 Å². The number of rotatable bonds is 3. The molecule has 1 aromatic heterocycles. The molecule has 5 nitrogen and oxygen atoms in total. The van der Waals surface area contributed by atoms with Crippen LogP contribution in [0.2, 0.25) is 0 Å². The summed E-state index contributed by atoms with van der Waals surface area (Å²) in [5.41, 5.74) is 2.32. The van der Waals surface area contributed by atoms with Gasteiger partial charge in [-0.2, -0.15) is 5.10 Å². The number of hydrogen-bond acceptors (Lipinski definition) is 4. The van der Waals surface area contributed by atoms with Crippen molar-refractivity contribution in [2.24, 2.45) is 0 Å². The van der Waals surface area contributed by atoms with Crippen LogP contribution in [0.15, 0.2) is 18.2 Å². The standard InChI is InChI=1S/C11H14N4OS/c1-7-3-8(2)5-9(4-7)16-6-10-13-14-11(17)15(10)12/h3-5H,6,12H2,1-2H3,(H,14,17). The van der Waals surface area contributed by atoms with Crippen molar-refractivity contribution in [3.63, 3.8) is 0 Å².